The van der Waals surface area contributed by atoms with Crippen molar-refractivity contribution in [2.45, 2.75) is 27.4 Å². The zero-order chi connectivity index (χ0) is 25.2. The SMILES string of the molecule is CCOc1ccc(C(=O)N/N=C/c2cc(I)c(OCc3ccc(C)cc3)c(OCC)c2)cc1OC. The fourth-order valence-corrected chi connectivity index (χ4v) is 4.00. The Balaban J connectivity index is 1.70. The Morgan fingerprint density at radius 2 is 1.66 bits per heavy atom. The van der Waals surface area contributed by atoms with E-state index in [0.717, 1.165) is 14.7 Å². The minimum Gasteiger partial charge on any atom is -0.493 e. The predicted molar refractivity (Wildman–Crippen MR) is 145 cm³/mol. The first-order valence-electron chi connectivity index (χ1n) is 11.2. The Hall–Kier alpha value is -3.27. The van der Waals surface area contributed by atoms with E-state index in [-0.39, 0.29) is 5.91 Å². The van der Waals surface area contributed by atoms with Crippen molar-refractivity contribution in [1.82, 2.24) is 5.43 Å². The molecule has 0 aliphatic carbocycles. The van der Waals surface area contributed by atoms with Crippen LogP contribution in [-0.4, -0.2) is 32.4 Å². The molecular formula is C27H29IN2O5. The molecule has 184 valence electrons. The number of rotatable bonds is 11. The molecule has 0 spiro atoms. The Morgan fingerprint density at radius 1 is 0.943 bits per heavy atom. The number of hydrogen-bond acceptors (Lipinski definition) is 6. The number of hydrogen-bond donors (Lipinski definition) is 1. The van der Waals surface area contributed by atoms with Crippen molar-refractivity contribution in [2.75, 3.05) is 20.3 Å². The van der Waals surface area contributed by atoms with Crippen molar-refractivity contribution in [3.05, 3.63) is 80.4 Å². The average molecular weight is 588 g/mol. The molecule has 3 rings (SSSR count). The summed E-state index contributed by atoms with van der Waals surface area (Å²) >= 11 is 2.21. The van der Waals surface area contributed by atoms with Crippen molar-refractivity contribution >= 4 is 34.7 Å². The molecule has 0 radical (unpaired) electrons. The number of carbonyl (C=O) groups excluding carboxylic acids is 1. The number of nitrogens with one attached hydrogen (secondary N) is 1. The van der Waals surface area contributed by atoms with Crippen LogP contribution < -0.4 is 24.4 Å². The fourth-order valence-electron chi connectivity index (χ4n) is 3.22. The molecule has 0 bridgehead atoms. The monoisotopic (exact) mass is 588 g/mol. The van der Waals surface area contributed by atoms with E-state index >= 15 is 0 Å². The van der Waals surface area contributed by atoms with Crippen LogP contribution in [0.5, 0.6) is 23.0 Å². The quantitative estimate of drug-likeness (QED) is 0.176. The Kier molecular flexibility index (Phi) is 9.77. The molecule has 0 aromatic heterocycles. The molecule has 0 heterocycles. The number of methoxy groups -OCH3 is 1. The smallest absolute Gasteiger partial charge is 0.271 e. The predicted octanol–water partition coefficient (Wildman–Crippen LogP) is 5.75. The van der Waals surface area contributed by atoms with E-state index in [1.165, 1.54) is 12.7 Å². The molecular weight excluding hydrogens is 559 g/mol. The highest BCUT2D eigenvalue weighted by atomic mass is 127. The van der Waals surface area contributed by atoms with Crippen molar-refractivity contribution in [3.8, 4) is 23.0 Å². The number of nitrogens with zero attached hydrogens (tertiary/aromatic N) is 1. The molecule has 3 aromatic carbocycles. The molecule has 35 heavy (non-hydrogen) atoms. The van der Waals surface area contributed by atoms with Gasteiger partial charge in [0.25, 0.3) is 5.91 Å². The van der Waals surface area contributed by atoms with Crippen molar-refractivity contribution in [1.29, 1.82) is 0 Å². The van der Waals surface area contributed by atoms with Gasteiger partial charge in [-0.25, -0.2) is 5.43 Å². The van der Waals surface area contributed by atoms with Gasteiger partial charge >= 0.3 is 0 Å². The molecule has 7 nitrogen and oxygen atoms in total. The third-order valence-electron chi connectivity index (χ3n) is 4.94. The summed E-state index contributed by atoms with van der Waals surface area (Å²) in [6.07, 6.45) is 1.57. The zero-order valence-corrected chi connectivity index (χ0v) is 22.4. The molecule has 0 aliphatic heterocycles. The molecule has 0 atom stereocenters. The van der Waals surface area contributed by atoms with Gasteiger partial charge in [-0.05, 0) is 84.8 Å². The molecule has 0 saturated heterocycles. The summed E-state index contributed by atoms with van der Waals surface area (Å²) in [6, 6.07) is 17.0. The van der Waals surface area contributed by atoms with Crippen LogP contribution in [0.3, 0.4) is 0 Å². The van der Waals surface area contributed by atoms with Gasteiger partial charge in [0.05, 0.1) is 30.1 Å². The molecule has 0 saturated carbocycles. The minimum absolute atomic E-state index is 0.361. The second-order valence-corrected chi connectivity index (χ2v) is 8.70. The number of halogens is 1. The topological polar surface area (TPSA) is 78.4 Å². The summed E-state index contributed by atoms with van der Waals surface area (Å²) in [4.78, 5) is 12.5. The first-order valence-corrected chi connectivity index (χ1v) is 12.3. The van der Waals surface area contributed by atoms with Crippen LogP contribution in [0.1, 0.15) is 40.9 Å². The van der Waals surface area contributed by atoms with E-state index in [9.17, 15) is 4.79 Å². The van der Waals surface area contributed by atoms with Crippen LogP contribution in [-0.2, 0) is 6.61 Å². The van der Waals surface area contributed by atoms with Crippen molar-refractivity contribution in [3.63, 3.8) is 0 Å². The Bertz CT molecular complexity index is 1180. The lowest BCUT2D eigenvalue weighted by Gasteiger charge is -2.15. The largest absolute Gasteiger partial charge is 0.493 e. The van der Waals surface area contributed by atoms with Gasteiger partial charge in [0.2, 0.25) is 0 Å². The lowest BCUT2D eigenvalue weighted by atomic mass is 10.1. The highest BCUT2D eigenvalue weighted by Gasteiger charge is 2.13. The number of amides is 1. The van der Waals surface area contributed by atoms with Crippen LogP contribution in [0.15, 0.2) is 59.7 Å². The minimum atomic E-state index is -0.361. The van der Waals surface area contributed by atoms with Crippen LogP contribution >= 0.6 is 22.6 Å². The standard InChI is InChI=1S/C27H29IN2O5/c1-5-33-23-12-11-21(15-24(23)32-4)27(31)30-29-16-20-13-22(28)26(25(14-20)34-6-2)35-17-19-9-7-18(3)8-10-19/h7-16H,5-6,17H2,1-4H3,(H,30,31)/b29-16+. The van der Waals surface area contributed by atoms with Crippen LogP contribution in [0.25, 0.3) is 0 Å². The van der Waals surface area contributed by atoms with E-state index in [1.54, 1.807) is 24.4 Å². The summed E-state index contributed by atoms with van der Waals surface area (Å²) < 4.78 is 23.6. The van der Waals surface area contributed by atoms with Crippen LogP contribution in [0, 0.1) is 10.5 Å². The number of ether oxygens (including phenoxy) is 4. The van der Waals surface area contributed by atoms with Gasteiger partial charge in [0.1, 0.15) is 6.61 Å². The third kappa shape index (κ3) is 7.35. The number of benzene rings is 3. The van der Waals surface area contributed by atoms with Crippen molar-refractivity contribution in [2.24, 2.45) is 5.10 Å². The highest BCUT2D eigenvalue weighted by Crippen LogP contribution is 2.34. The van der Waals surface area contributed by atoms with E-state index < -0.39 is 0 Å². The first-order chi connectivity index (χ1) is 16.9. The Morgan fingerprint density at radius 3 is 2.34 bits per heavy atom. The summed E-state index contributed by atoms with van der Waals surface area (Å²) in [5.41, 5.74) is 6.01. The van der Waals surface area contributed by atoms with Gasteiger partial charge in [-0.15, -0.1) is 0 Å². The second-order valence-electron chi connectivity index (χ2n) is 7.54. The summed E-state index contributed by atoms with van der Waals surface area (Å²) in [5, 5.41) is 4.11. The number of carbonyl (C=O) groups is 1. The van der Waals surface area contributed by atoms with Gasteiger partial charge in [-0.1, -0.05) is 29.8 Å². The van der Waals surface area contributed by atoms with E-state index in [2.05, 4.69) is 52.2 Å². The zero-order valence-electron chi connectivity index (χ0n) is 20.3. The lowest BCUT2D eigenvalue weighted by molar-refractivity contribution is 0.0954. The molecule has 0 unspecified atom stereocenters. The van der Waals surface area contributed by atoms with Crippen LogP contribution in [0.4, 0.5) is 0 Å². The van der Waals surface area contributed by atoms with E-state index in [0.29, 0.717) is 48.4 Å². The summed E-state index contributed by atoms with van der Waals surface area (Å²) in [6.45, 7) is 7.29. The molecule has 0 aliphatic rings. The van der Waals surface area contributed by atoms with Gasteiger partial charge < -0.3 is 18.9 Å². The molecule has 1 amide bonds. The first kappa shape index (κ1) is 26.3. The summed E-state index contributed by atoms with van der Waals surface area (Å²) in [7, 11) is 1.53. The Labute approximate surface area is 219 Å². The number of aryl methyl sites for hydroxylation is 1. The van der Waals surface area contributed by atoms with Gasteiger partial charge in [-0.3, -0.25) is 4.79 Å². The normalized spacial score (nSPS) is 10.8. The maximum atomic E-state index is 12.5. The van der Waals surface area contributed by atoms with E-state index in [1.807, 2.05) is 38.1 Å². The highest BCUT2D eigenvalue weighted by molar-refractivity contribution is 14.1. The second kappa shape index (κ2) is 13.0. The van der Waals surface area contributed by atoms with E-state index in [4.69, 9.17) is 18.9 Å². The van der Waals surface area contributed by atoms with Gasteiger partial charge in [0.15, 0.2) is 23.0 Å². The van der Waals surface area contributed by atoms with Gasteiger partial charge in [-0.2, -0.15) is 5.10 Å². The molecule has 1 N–H and O–H groups in total. The lowest BCUT2D eigenvalue weighted by Crippen LogP contribution is -2.17. The molecule has 0 fully saturated rings. The number of hydrazone groups is 1. The molecule has 3 aromatic rings. The maximum Gasteiger partial charge on any atom is 0.271 e. The van der Waals surface area contributed by atoms with Crippen LogP contribution in [0.2, 0.25) is 0 Å². The average Bonchev–Trinajstić information content (AvgIpc) is 2.85. The third-order valence-corrected chi connectivity index (χ3v) is 5.74. The van der Waals surface area contributed by atoms with Crippen molar-refractivity contribution < 1.29 is 23.7 Å². The maximum absolute atomic E-state index is 12.5. The fraction of sp³-hybridized carbons (Fsp3) is 0.259. The molecule has 8 heteroatoms. The van der Waals surface area contributed by atoms with Gasteiger partial charge in [0, 0.05) is 5.56 Å². The summed E-state index contributed by atoms with van der Waals surface area (Å²) in [5.74, 6) is 2.00.